The molecule has 3 fully saturated rings. The average Bonchev–Trinajstić information content (AvgIpc) is 3.19. The fraction of sp³-hybridized carbons (Fsp3) is 0.830. The van der Waals surface area contributed by atoms with E-state index in [1.807, 2.05) is 52.2 Å². The predicted molar refractivity (Wildman–Crippen MR) is 236 cm³/mol. The van der Waals surface area contributed by atoms with Gasteiger partial charge in [0, 0.05) is 46.3 Å². The highest BCUT2D eigenvalue weighted by Crippen LogP contribution is 2.38. The molecule has 3 saturated heterocycles. The molecule has 0 aromatic heterocycles. The standard InChI is InChI=1S/C47H78N2O16/c1-26-23-33(21-22-50)43(65-46-41(54)40(49(11)12)42(29(4)60-46)64-39-25-47(8,55)45(30(5)59-39)62-32(7)52)44(56-13)36(61-31(6)51)24-37(53)57-27(2)17-15-14-16-18-35(26)63-38-20-19-34(48(9)10)28(3)58-38/h14-16,18,22,26-30,33-36,38-46,54-55H,17,19-21,23-25H2,1-13H3/b15-14+,18-16+/t26-,27-,28-,29-,30+,33+,34+,35+,36-,38+,39+,40-,41-,42-,43+,44+,45+,46+,47-/m1/s1. The second-order valence-electron chi connectivity index (χ2n) is 19.0. The van der Waals surface area contributed by atoms with Gasteiger partial charge < -0.3 is 72.2 Å². The molecule has 0 saturated carbocycles. The molecule has 4 heterocycles. The van der Waals surface area contributed by atoms with E-state index in [-0.39, 0.29) is 30.9 Å². The van der Waals surface area contributed by atoms with Crippen molar-refractivity contribution in [2.24, 2.45) is 11.8 Å². The van der Waals surface area contributed by atoms with Crippen LogP contribution in [0.2, 0.25) is 0 Å². The summed E-state index contributed by atoms with van der Waals surface area (Å²) in [7, 11) is 8.99. The van der Waals surface area contributed by atoms with Crippen LogP contribution in [-0.2, 0) is 66.5 Å². The molecule has 0 aromatic carbocycles. The summed E-state index contributed by atoms with van der Waals surface area (Å²) in [6, 6.07) is -0.544. The van der Waals surface area contributed by atoms with Gasteiger partial charge in [0.1, 0.15) is 42.4 Å². The number of carbonyl (C=O) groups excluding carboxylic acids is 4. The van der Waals surface area contributed by atoms with Crippen molar-refractivity contribution < 1.29 is 76.8 Å². The van der Waals surface area contributed by atoms with Gasteiger partial charge in [-0.25, -0.2) is 0 Å². The lowest BCUT2D eigenvalue weighted by Gasteiger charge is -2.50. The number of allylic oxidation sites excluding steroid dienone is 2. The number of carbonyl (C=O) groups is 4. The van der Waals surface area contributed by atoms with Crippen LogP contribution in [0.1, 0.15) is 100 Å². The second-order valence-corrected chi connectivity index (χ2v) is 19.0. The molecule has 19 atom stereocenters. The summed E-state index contributed by atoms with van der Waals surface area (Å²) in [6.45, 7) is 13.3. The predicted octanol–water partition coefficient (Wildman–Crippen LogP) is 3.47. The number of hydrogen-bond acceptors (Lipinski definition) is 18. The van der Waals surface area contributed by atoms with Gasteiger partial charge in [-0.2, -0.15) is 0 Å². The lowest BCUT2D eigenvalue weighted by Crippen LogP contribution is -2.66. The minimum absolute atomic E-state index is 0.0464. The first-order valence-electron chi connectivity index (χ1n) is 23.1. The van der Waals surface area contributed by atoms with E-state index in [9.17, 15) is 29.4 Å². The molecule has 4 aliphatic rings. The van der Waals surface area contributed by atoms with E-state index in [2.05, 4.69) is 4.90 Å². The Hall–Kier alpha value is -2.88. The van der Waals surface area contributed by atoms with E-state index in [1.54, 1.807) is 46.7 Å². The maximum absolute atomic E-state index is 13.5. The number of likely N-dealkylation sites (N-methyl/N-ethyl adjacent to an activating group) is 2. The Labute approximate surface area is 385 Å². The number of aliphatic hydroxyl groups is 2. The molecule has 0 radical (unpaired) electrons. The lowest BCUT2D eigenvalue weighted by molar-refractivity contribution is -0.344. The lowest BCUT2D eigenvalue weighted by atomic mass is 9.82. The Kier molecular flexibility index (Phi) is 21.0. The highest BCUT2D eigenvalue weighted by Gasteiger charge is 2.53. The number of hydrogen-bond donors (Lipinski definition) is 2. The van der Waals surface area contributed by atoms with Gasteiger partial charge in [0.15, 0.2) is 25.0 Å². The Morgan fingerprint density at radius 2 is 1.54 bits per heavy atom. The van der Waals surface area contributed by atoms with Crippen LogP contribution in [0.15, 0.2) is 24.3 Å². The van der Waals surface area contributed by atoms with Crippen molar-refractivity contribution in [2.45, 2.75) is 204 Å². The fourth-order valence-corrected chi connectivity index (χ4v) is 9.80. The van der Waals surface area contributed by atoms with E-state index in [4.69, 9.17) is 47.4 Å². The van der Waals surface area contributed by atoms with Crippen molar-refractivity contribution in [1.29, 1.82) is 0 Å². The third-order valence-corrected chi connectivity index (χ3v) is 12.9. The van der Waals surface area contributed by atoms with E-state index in [0.717, 1.165) is 12.7 Å². The highest BCUT2D eigenvalue weighted by molar-refractivity contribution is 5.72. The largest absolute Gasteiger partial charge is 0.462 e. The van der Waals surface area contributed by atoms with E-state index in [0.29, 0.717) is 19.3 Å². The first kappa shape index (κ1) is 54.7. The van der Waals surface area contributed by atoms with Crippen LogP contribution in [0.3, 0.4) is 0 Å². The summed E-state index contributed by atoms with van der Waals surface area (Å²) >= 11 is 0. The number of cyclic esters (lactones) is 1. The van der Waals surface area contributed by atoms with Gasteiger partial charge in [0.05, 0.1) is 43.0 Å². The molecule has 0 aliphatic carbocycles. The number of rotatable bonds is 13. The first-order chi connectivity index (χ1) is 30.6. The topological polar surface area (TPSA) is 208 Å². The Bertz CT molecular complexity index is 1590. The maximum atomic E-state index is 13.5. The van der Waals surface area contributed by atoms with Crippen molar-refractivity contribution in [2.75, 3.05) is 35.3 Å². The zero-order chi connectivity index (χ0) is 48.3. The Morgan fingerprint density at radius 3 is 2.12 bits per heavy atom. The zero-order valence-corrected chi connectivity index (χ0v) is 40.7. The van der Waals surface area contributed by atoms with Gasteiger partial charge in [-0.1, -0.05) is 31.2 Å². The average molecular weight is 927 g/mol. The van der Waals surface area contributed by atoms with Crippen molar-refractivity contribution in [3.05, 3.63) is 24.3 Å². The summed E-state index contributed by atoms with van der Waals surface area (Å²) < 4.78 is 62.1. The van der Waals surface area contributed by atoms with E-state index in [1.165, 1.54) is 21.0 Å². The number of methoxy groups -OCH3 is 1. The minimum atomic E-state index is -1.49. The molecule has 4 aliphatic heterocycles. The molecule has 0 bridgehead atoms. The molecule has 372 valence electrons. The third-order valence-electron chi connectivity index (χ3n) is 12.9. The Balaban J connectivity index is 1.72. The van der Waals surface area contributed by atoms with Crippen LogP contribution in [0.5, 0.6) is 0 Å². The molecular formula is C47H78N2O16. The van der Waals surface area contributed by atoms with E-state index < -0.39 is 122 Å². The van der Waals surface area contributed by atoms with Crippen LogP contribution >= 0.6 is 0 Å². The third kappa shape index (κ3) is 15.3. The van der Waals surface area contributed by atoms with Gasteiger partial charge in [0.25, 0.3) is 0 Å². The quantitative estimate of drug-likeness (QED) is 0.154. The van der Waals surface area contributed by atoms with Gasteiger partial charge in [0.2, 0.25) is 0 Å². The smallest absolute Gasteiger partial charge is 0.309 e. The molecular weight excluding hydrogens is 849 g/mol. The van der Waals surface area contributed by atoms with Crippen LogP contribution in [-0.4, -0.2) is 183 Å². The summed E-state index contributed by atoms with van der Waals surface area (Å²) in [5.41, 5.74) is -1.49. The molecule has 18 nitrogen and oxygen atoms in total. The maximum Gasteiger partial charge on any atom is 0.309 e. The van der Waals surface area contributed by atoms with Crippen molar-refractivity contribution in [3.8, 4) is 0 Å². The summed E-state index contributed by atoms with van der Waals surface area (Å²) in [4.78, 5) is 54.6. The fourth-order valence-electron chi connectivity index (χ4n) is 9.80. The molecule has 0 spiro atoms. The molecule has 2 N–H and O–H groups in total. The molecule has 4 rings (SSSR count). The number of ether oxygens (including phenoxy) is 10. The van der Waals surface area contributed by atoms with Crippen molar-refractivity contribution in [1.82, 2.24) is 9.80 Å². The SMILES string of the molecule is CO[C@@H]1[C@@H](O[C@@H]2O[C@H](C)[C@@H](O[C@H]3C[C@@](C)(O)[C@@H](OC(C)=O)[C@H](C)O3)[C@H](N(C)C)[C@H]2O)[C@@H](CC=O)C[C@@H](C)[C@@H](O[C@H]2CC[C@H](N(C)C)[C@@H](C)O2)/C=C/C=C/C[C@@H](C)OC(=O)C[C@H]1OC(C)=O. The second kappa shape index (κ2) is 24.9. The summed E-state index contributed by atoms with van der Waals surface area (Å²) in [5, 5.41) is 23.6. The van der Waals surface area contributed by atoms with Gasteiger partial charge >= 0.3 is 17.9 Å². The van der Waals surface area contributed by atoms with Crippen molar-refractivity contribution in [3.63, 3.8) is 0 Å². The zero-order valence-electron chi connectivity index (χ0n) is 40.7. The summed E-state index contributed by atoms with van der Waals surface area (Å²) in [6.07, 6.45) is -1.93. The molecule has 0 amide bonds. The highest BCUT2D eigenvalue weighted by atomic mass is 16.7. The number of aliphatic hydroxyl groups excluding tert-OH is 1. The normalized spacial score (nSPS) is 42.4. The monoisotopic (exact) mass is 927 g/mol. The molecule has 65 heavy (non-hydrogen) atoms. The molecule has 18 heteroatoms. The summed E-state index contributed by atoms with van der Waals surface area (Å²) in [5.74, 6) is -2.81. The number of esters is 3. The first-order valence-corrected chi connectivity index (χ1v) is 23.1. The van der Waals surface area contributed by atoms with Crippen LogP contribution in [0.4, 0.5) is 0 Å². The van der Waals surface area contributed by atoms with E-state index >= 15 is 0 Å². The number of aldehydes is 1. The number of nitrogens with zero attached hydrogens (tertiary/aromatic N) is 2. The van der Waals surface area contributed by atoms with Gasteiger partial charge in [-0.15, -0.1) is 0 Å². The molecule has 0 unspecified atom stereocenters. The van der Waals surface area contributed by atoms with Gasteiger partial charge in [-0.05, 0) is 93.9 Å². The molecule has 0 aromatic rings. The van der Waals surface area contributed by atoms with Crippen LogP contribution in [0, 0.1) is 11.8 Å². The minimum Gasteiger partial charge on any atom is -0.462 e. The van der Waals surface area contributed by atoms with Crippen LogP contribution in [0.25, 0.3) is 0 Å². The Morgan fingerprint density at radius 1 is 0.862 bits per heavy atom. The van der Waals surface area contributed by atoms with Gasteiger partial charge in [-0.3, -0.25) is 14.4 Å². The van der Waals surface area contributed by atoms with Crippen LogP contribution < -0.4 is 0 Å². The van der Waals surface area contributed by atoms with Crippen molar-refractivity contribution >= 4 is 24.2 Å².